The van der Waals surface area contributed by atoms with E-state index >= 15 is 0 Å². The molecular weight excluding hydrogens is 410 g/mol. The first-order chi connectivity index (χ1) is 16.1. The first kappa shape index (κ1) is 29.2. The highest BCUT2D eigenvalue weighted by Crippen LogP contribution is 2.18. The topological polar surface area (TPSA) is 46.6 Å². The third-order valence-corrected chi connectivity index (χ3v) is 6.29. The zero-order chi connectivity index (χ0) is 24.2. The minimum Gasteiger partial charge on any atom is -0.466 e. The number of amides is 1. The summed E-state index contributed by atoms with van der Waals surface area (Å²) in [5.41, 5.74) is 2.03. The fourth-order valence-electron chi connectivity index (χ4n) is 4.25. The van der Waals surface area contributed by atoms with Crippen LogP contribution in [0.2, 0.25) is 0 Å². The highest BCUT2D eigenvalue weighted by atomic mass is 16.5. The van der Waals surface area contributed by atoms with Crippen LogP contribution in [0.4, 0.5) is 5.69 Å². The number of unbranched alkanes of at least 4 members (excludes halogenated alkanes) is 13. The molecule has 1 aromatic carbocycles. The maximum Gasteiger partial charge on any atom is 0.306 e. The van der Waals surface area contributed by atoms with E-state index in [0.29, 0.717) is 19.4 Å². The molecule has 0 aliphatic rings. The zero-order valence-corrected chi connectivity index (χ0v) is 21.7. The normalized spacial score (nSPS) is 10.9. The predicted octanol–water partition coefficient (Wildman–Crippen LogP) is 8.02. The van der Waals surface area contributed by atoms with Gasteiger partial charge < -0.3 is 9.64 Å². The molecule has 0 fully saturated rings. The second-order valence-corrected chi connectivity index (χ2v) is 9.24. The molecule has 0 bridgehead atoms. The van der Waals surface area contributed by atoms with Crippen molar-refractivity contribution in [2.45, 2.75) is 124 Å². The molecule has 0 N–H and O–H groups in total. The number of ether oxygens (including phenoxy) is 1. The number of carbonyl (C=O) groups excluding carboxylic acids is 2. The Kier molecular flexibility index (Phi) is 17.4. The second-order valence-electron chi connectivity index (χ2n) is 9.24. The molecule has 0 heterocycles. The molecule has 0 radical (unpaired) electrons. The maximum atomic E-state index is 12.1. The van der Waals surface area contributed by atoms with E-state index in [1.54, 1.807) is 6.92 Å². The summed E-state index contributed by atoms with van der Waals surface area (Å²) in [6.07, 6.45) is 19.8. The molecule has 0 atom stereocenters. The highest BCUT2D eigenvalue weighted by Gasteiger charge is 2.11. The van der Waals surface area contributed by atoms with Crippen molar-refractivity contribution in [2.24, 2.45) is 0 Å². The van der Waals surface area contributed by atoms with Crippen LogP contribution in [-0.4, -0.2) is 25.0 Å². The Morgan fingerprint density at radius 1 is 0.727 bits per heavy atom. The van der Waals surface area contributed by atoms with Gasteiger partial charge in [0.2, 0.25) is 5.91 Å². The van der Waals surface area contributed by atoms with Gasteiger partial charge in [-0.3, -0.25) is 9.59 Å². The molecule has 0 saturated heterocycles. The van der Waals surface area contributed by atoms with Crippen LogP contribution in [-0.2, 0) is 20.7 Å². The number of esters is 1. The molecule has 0 aliphatic carbocycles. The van der Waals surface area contributed by atoms with E-state index in [9.17, 15) is 9.59 Å². The number of carbonyl (C=O) groups is 2. The fourth-order valence-corrected chi connectivity index (χ4v) is 4.25. The number of nitrogens with zero attached hydrogens (tertiary/aromatic N) is 1. The molecule has 0 spiro atoms. The minimum atomic E-state index is -0.162. The Balaban J connectivity index is 2.14. The van der Waals surface area contributed by atoms with E-state index in [0.717, 1.165) is 24.2 Å². The Morgan fingerprint density at radius 2 is 1.21 bits per heavy atom. The quantitative estimate of drug-likeness (QED) is 0.146. The van der Waals surface area contributed by atoms with Crippen molar-refractivity contribution in [2.75, 3.05) is 18.1 Å². The lowest BCUT2D eigenvalue weighted by molar-refractivity contribution is -0.143. The third kappa shape index (κ3) is 14.8. The Morgan fingerprint density at radius 3 is 1.67 bits per heavy atom. The van der Waals surface area contributed by atoms with Crippen LogP contribution in [0.15, 0.2) is 24.3 Å². The van der Waals surface area contributed by atoms with Crippen molar-refractivity contribution in [3.8, 4) is 0 Å². The summed E-state index contributed by atoms with van der Waals surface area (Å²) < 4.78 is 4.98. The minimum absolute atomic E-state index is 0.0870. The fraction of sp³-hybridized carbons (Fsp3) is 0.724. The van der Waals surface area contributed by atoms with Gasteiger partial charge in [-0.05, 0) is 37.5 Å². The van der Waals surface area contributed by atoms with Gasteiger partial charge in [0.1, 0.15) is 0 Å². The first-order valence-electron chi connectivity index (χ1n) is 13.6. The summed E-state index contributed by atoms with van der Waals surface area (Å²) in [4.78, 5) is 25.5. The molecule has 188 valence electrons. The van der Waals surface area contributed by atoms with Crippen molar-refractivity contribution >= 4 is 17.6 Å². The lowest BCUT2D eigenvalue weighted by Crippen LogP contribution is -2.29. The van der Waals surface area contributed by atoms with E-state index in [1.807, 2.05) is 36.1 Å². The number of aryl methyl sites for hydroxylation is 1. The summed E-state index contributed by atoms with van der Waals surface area (Å²) in [5.74, 6) is -0.0753. The van der Waals surface area contributed by atoms with Crippen LogP contribution in [0.3, 0.4) is 0 Å². The number of hydrogen-bond donors (Lipinski definition) is 0. The molecule has 4 nitrogen and oxygen atoms in total. The summed E-state index contributed by atoms with van der Waals surface area (Å²) in [7, 11) is 0. The predicted molar refractivity (Wildman–Crippen MR) is 140 cm³/mol. The van der Waals surface area contributed by atoms with Gasteiger partial charge in [-0.15, -0.1) is 0 Å². The maximum absolute atomic E-state index is 12.1. The summed E-state index contributed by atoms with van der Waals surface area (Å²) >= 11 is 0. The molecule has 0 unspecified atom stereocenters. The number of benzene rings is 1. The molecule has 0 saturated carbocycles. The smallest absolute Gasteiger partial charge is 0.306 e. The molecule has 1 rings (SSSR count). The van der Waals surface area contributed by atoms with Gasteiger partial charge in [-0.25, -0.2) is 0 Å². The molecule has 33 heavy (non-hydrogen) atoms. The summed E-state index contributed by atoms with van der Waals surface area (Å²) in [6.45, 7) is 6.93. The van der Waals surface area contributed by atoms with Gasteiger partial charge in [0.05, 0.1) is 6.61 Å². The lowest BCUT2D eigenvalue weighted by atomic mass is 10.0. The van der Waals surface area contributed by atoms with Crippen molar-refractivity contribution in [3.63, 3.8) is 0 Å². The highest BCUT2D eigenvalue weighted by molar-refractivity contribution is 5.91. The average Bonchev–Trinajstić information content (AvgIpc) is 2.81. The van der Waals surface area contributed by atoms with Crippen molar-refractivity contribution < 1.29 is 14.3 Å². The van der Waals surface area contributed by atoms with Crippen molar-refractivity contribution in [3.05, 3.63) is 29.8 Å². The first-order valence-corrected chi connectivity index (χ1v) is 13.6. The van der Waals surface area contributed by atoms with Gasteiger partial charge >= 0.3 is 5.97 Å². The van der Waals surface area contributed by atoms with Crippen LogP contribution in [0, 0.1) is 0 Å². The molecular formula is C29H49NO3. The molecule has 1 amide bonds. The third-order valence-electron chi connectivity index (χ3n) is 6.29. The molecule has 0 aromatic heterocycles. The van der Waals surface area contributed by atoms with Crippen LogP contribution >= 0.6 is 0 Å². The zero-order valence-electron chi connectivity index (χ0n) is 21.7. The summed E-state index contributed by atoms with van der Waals surface area (Å²) in [6, 6.07) is 8.00. The molecule has 0 aliphatic heterocycles. The Bertz CT molecular complexity index is 626. The van der Waals surface area contributed by atoms with Gasteiger partial charge in [0.15, 0.2) is 0 Å². The van der Waals surface area contributed by atoms with Gasteiger partial charge in [-0.1, -0.05) is 103 Å². The number of hydrogen-bond acceptors (Lipinski definition) is 3. The summed E-state index contributed by atoms with van der Waals surface area (Å²) in [5, 5.41) is 0. The van der Waals surface area contributed by atoms with Crippen molar-refractivity contribution in [1.29, 1.82) is 0 Å². The van der Waals surface area contributed by atoms with Gasteiger partial charge in [0.25, 0.3) is 0 Å². The lowest BCUT2D eigenvalue weighted by Gasteiger charge is -2.21. The van der Waals surface area contributed by atoms with Crippen LogP contribution < -0.4 is 4.90 Å². The van der Waals surface area contributed by atoms with E-state index < -0.39 is 0 Å². The second kappa shape index (κ2) is 19.6. The van der Waals surface area contributed by atoms with Crippen molar-refractivity contribution in [1.82, 2.24) is 0 Å². The SMILES string of the molecule is CCCCCCCCCCCCCCCCN(C(C)=O)c1ccc(CCC(=O)OCC)cc1. The Labute approximate surface area is 203 Å². The largest absolute Gasteiger partial charge is 0.466 e. The number of rotatable bonds is 20. The number of anilines is 1. The van der Waals surface area contributed by atoms with Gasteiger partial charge in [0, 0.05) is 25.6 Å². The van der Waals surface area contributed by atoms with Gasteiger partial charge in [-0.2, -0.15) is 0 Å². The van der Waals surface area contributed by atoms with E-state index in [-0.39, 0.29) is 11.9 Å². The van der Waals surface area contributed by atoms with E-state index in [4.69, 9.17) is 4.74 Å². The van der Waals surface area contributed by atoms with E-state index in [1.165, 1.54) is 83.5 Å². The molecule has 1 aromatic rings. The average molecular weight is 460 g/mol. The van der Waals surface area contributed by atoms with E-state index in [2.05, 4.69) is 6.92 Å². The molecule has 4 heteroatoms. The monoisotopic (exact) mass is 459 g/mol. The van der Waals surface area contributed by atoms with Crippen LogP contribution in [0.25, 0.3) is 0 Å². The Hall–Kier alpha value is -1.84. The standard InChI is InChI=1S/C29H49NO3/c1-4-6-7-8-9-10-11-12-13-14-15-16-17-18-25-30(26(3)31)28-22-19-27(20-23-28)21-24-29(32)33-5-2/h19-20,22-23H,4-18,21,24-25H2,1-3H3. The van der Waals surface area contributed by atoms with Crippen LogP contribution in [0.1, 0.15) is 123 Å². The van der Waals surface area contributed by atoms with Crippen LogP contribution in [0.5, 0.6) is 0 Å².